The molecule has 1 N–H and O–H groups in total. The largest absolute Gasteiger partial charge is 0.358 e. The molecule has 0 fully saturated rings. The van der Waals surface area contributed by atoms with Crippen molar-refractivity contribution in [3.63, 3.8) is 0 Å². The summed E-state index contributed by atoms with van der Waals surface area (Å²) < 4.78 is 0. The van der Waals surface area contributed by atoms with Crippen LogP contribution in [-0.2, 0) is 13.0 Å². The molecule has 5 rings (SSSR count). The van der Waals surface area contributed by atoms with Crippen molar-refractivity contribution in [2.45, 2.75) is 25.9 Å². The van der Waals surface area contributed by atoms with Crippen LogP contribution in [0.15, 0.2) is 78.9 Å². The molecule has 2 heteroatoms. The van der Waals surface area contributed by atoms with Crippen LogP contribution in [0.1, 0.15) is 34.0 Å². The number of H-pyrrole nitrogens is 1. The van der Waals surface area contributed by atoms with Crippen LogP contribution in [-0.4, -0.2) is 16.4 Å². The van der Waals surface area contributed by atoms with Gasteiger partial charge in [-0.3, -0.25) is 4.90 Å². The summed E-state index contributed by atoms with van der Waals surface area (Å²) in [6.07, 6.45) is 1.11. The lowest BCUT2D eigenvalue weighted by atomic mass is 9.86. The number of nitrogens with zero attached hydrogens (tertiary/aromatic N) is 1. The fraction of sp³-hybridized carbons (Fsp3) is 0.200. The molecule has 1 aliphatic rings. The zero-order valence-electron chi connectivity index (χ0n) is 15.7. The van der Waals surface area contributed by atoms with E-state index in [1.54, 1.807) is 0 Å². The molecule has 0 aliphatic carbocycles. The van der Waals surface area contributed by atoms with Gasteiger partial charge >= 0.3 is 0 Å². The maximum atomic E-state index is 3.61. The second-order valence-electron chi connectivity index (χ2n) is 7.52. The first-order valence-electron chi connectivity index (χ1n) is 9.74. The van der Waals surface area contributed by atoms with E-state index in [-0.39, 0.29) is 6.04 Å². The Morgan fingerprint density at radius 2 is 1.63 bits per heavy atom. The molecule has 1 unspecified atom stereocenters. The summed E-state index contributed by atoms with van der Waals surface area (Å²) in [6, 6.07) is 28.8. The first-order chi connectivity index (χ1) is 13.3. The number of benzene rings is 3. The highest BCUT2D eigenvalue weighted by atomic mass is 15.2. The standard InChI is InChI=1S/C25H24N2/c1-18-24(22-13-7-8-14-23(22)26-18)25-21-12-6-5-11-20(21)15-16-27(25)17-19-9-3-2-4-10-19/h2-14,25-26H,15-17H2,1H3. The van der Waals surface area contributed by atoms with Crippen LogP contribution in [0, 0.1) is 6.92 Å². The van der Waals surface area contributed by atoms with Crippen LogP contribution in [0.5, 0.6) is 0 Å². The molecule has 0 saturated carbocycles. The Balaban J connectivity index is 1.67. The summed E-state index contributed by atoms with van der Waals surface area (Å²) in [5.74, 6) is 0. The Kier molecular flexibility index (Phi) is 4.06. The molecule has 0 amide bonds. The number of nitrogens with one attached hydrogen (secondary N) is 1. The van der Waals surface area contributed by atoms with E-state index in [1.165, 1.54) is 38.9 Å². The molecule has 4 aromatic rings. The SMILES string of the molecule is Cc1[nH]c2ccccc2c1C1c2ccccc2CCN1Cc1ccccc1. The van der Waals surface area contributed by atoms with E-state index < -0.39 is 0 Å². The summed E-state index contributed by atoms with van der Waals surface area (Å²) in [5, 5.41) is 1.34. The third kappa shape index (κ3) is 2.87. The maximum Gasteiger partial charge on any atom is 0.0631 e. The minimum Gasteiger partial charge on any atom is -0.358 e. The third-order valence-corrected chi connectivity index (χ3v) is 5.83. The van der Waals surface area contributed by atoms with Crippen molar-refractivity contribution in [1.29, 1.82) is 0 Å². The van der Waals surface area contributed by atoms with Crippen molar-refractivity contribution < 1.29 is 0 Å². The lowest BCUT2D eigenvalue weighted by Gasteiger charge is -2.38. The number of hydrogen-bond acceptors (Lipinski definition) is 1. The first-order valence-corrected chi connectivity index (χ1v) is 9.74. The maximum absolute atomic E-state index is 3.61. The van der Waals surface area contributed by atoms with E-state index in [2.05, 4.69) is 95.7 Å². The topological polar surface area (TPSA) is 19.0 Å². The number of rotatable bonds is 3. The van der Waals surface area contributed by atoms with Crippen molar-refractivity contribution in [3.8, 4) is 0 Å². The third-order valence-electron chi connectivity index (χ3n) is 5.83. The summed E-state index contributed by atoms with van der Waals surface area (Å²) in [5.41, 5.74) is 8.24. The van der Waals surface area contributed by atoms with Crippen LogP contribution in [0.3, 0.4) is 0 Å². The highest BCUT2D eigenvalue weighted by molar-refractivity contribution is 5.85. The molecule has 1 aliphatic heterocycles. The molecule has 2 heterocycles. The van der Waals surface area contributed by atoms with E-state index in [0.717, 1.165) is 19.5 Å². The van der Waals surface area contributed by atoms with E-state index in [4.69, 9.17) is 0 Å². The van der Waals surface area contributed by atoms with Gasteiger partial charge in [-0.1, -0.05) is 72.8 Å². The number of hydrogen-bond donors (Lipinski definition) is 1. The van der Waals surface area contributed by atoms with Gasteiger partial charge in [-0.05, 0) is 36.1 Å². The quantitative estimate of drug-likeness (QED) is 0.507. The average molecular weight is 352 g/mol. The summed E-state index contributed by atoms with van der Waals surface area (Å²) in [7, 11) is 0. The molecule has 0 saturated heterocycles. The fourth-order valence-corrected chi connectivity index (χ4v) is 4.60. The zero-order chi connectivity index (χ0) is 18.2. The molecule has 134 valence electrons. The predicted octanol–water partition coefficient (Wildman–Crippen LogP) is 5.62. The van der Waals surface area contributed by atoms with Crippen LogP contribution in [0.4, 0.5) is 0 Å². The normalized spacial score (nSPS) is 17.1. The molecular formula is C25H24N2. The van der Waals surface area contributed by atoms with Crippen LogP contribution in [0.2, 0.25) is 0 Å². The lowest BCUT2D eigenvalue weighted by molar-refractivity contribution is 0.205. The van der Waals surface area contributed by atoms with Gasteiger partial charge in [0.25, 0.3) is 0 Å². The van der Waals surface area contributed by atoms with Crippen LogP contribution >= 0.6 is 0 Å². The molecule has 27 heavy (non-hydrogen) atoms. The van der Waals surface area contributed by atoms with E-state index >= 15 is 0 Å². The van der Waals surface area contributed by atoms with Gasteiger partial charge < -0.3 is 4.98 Å². The predicted molar refractivity (Wildman–Crippen MR) is 112 cm³/mol. The van der Waals surface area contributed by atoms with E-state index in [1.807, 2.05) is 0 Å². The highest BCUT2D eigenvalue weighted by Crippen LogP contribution is 2.40. The number of para-hydroxylation sites is 1. The van der Waals surface area contributed by atoms with Crippen molar-refractivity contribution in [3.05, 3.63) is 107 Å². The number of fused-ring (bicyclic) bond motifs is 2. The lowest BCUT2D eigenvalue weighted by Crippen LogP contribution is -2.35. The molecule has 2 nitrogen and oxygen atoms in total. The van der Waals surface area contributed by atoms with Crippen molar-refractivity contribution >= 4 is 10.9 Å². The van der Waals surface area contributed by atoms with Gasteiger partial charge in [0.2, 0.25) is 0 Å². The Hall–Kier alpha value is -2.84. The summed E-state index contributed by atoms with van der Waals surface area (Å²) in [4.78, 5) is 6.25. The second-order valence-corrected chi connectivity index (χ2v) is 7.52. The molecule has 3 aromatic carbocycles. The fourth-order valence-electron chi connectivity index (χ4n) is 4.60. The Morgan fingerprint density at radius 1 is 0.889 bits per heavy atom. The summed E-state index contributed by atoms with van der Waals surface area (Å²) >= 11 is 0. The number of aryl methyl sites for hydroxylation is 1. The minimum atomic E-state index is 0.284. The first kappa shape index (κ1) is 16.3. The molecule has 1 aromatic heterocycles. The van der Waals surface area contributed by atoms with Crippen LogP contribution in [0.25, 0.3) is 10.9 Å². The van der Waals surface area contributed by atoms with Gasteiger partial charge in [0.05, 0.1) is 6.04 Å². The van der Waals surface area contributed by atoms with Crippen molar-refractivity contribution in [2.24, 2.45) is 0 Å². The average Bonchev–Trinajstić information content (AvgIpc) is 3.04. The zero-order valence-corrected chi connectivity index (χ0v) is 15.7. The van der Waals surface area contributed by atoms with Gasteiger partial charge in [-0.15, -0.1) is 0 Å². The minimum absolute atomic E-state index is 0.284. The van der Waals surface area contributed by atoms with Gasteiger partial charge in [-0.25, -0.2) is 0 Å². The molecule has 0 spiro atoms. The number of aromatic amines is 1. The monoisotopic (exact) mass is 352 g/mol. The second kappa shape index (κ2) is 6.71. The highest BCUT2D eigenvalue weighted by Gasteiger charge is 2.31. The Bertz CT molecular complexity index is 1080. The van der Waals surface area contributed by atoms with Crippen molar-refractivity contribution in [2.75, 3.05) is 6.54 Å². The van der Waals surface area contributed by atoms with Crippen LogP contribution < -0.4 is 0 Å². The van der Waals surface area contributed by atoms with Gasteiger partial charge in [-0.2, -0.15) is 0 Å². The number of aromatic nitrogens is 1. The van der Waals surface area contributed by atoms with Gasteiger partial charge in [0, 0.05) is 35.2 Å². The molecule has 0 bridgehead atoms. The van der Waals surface area contributed by atoms with Crippen molar-refractivity contribution in [1.82, 2.24) is 9.88 Å². The molecule has 1 atom stereocenters. The summed E-state index contributed by atoms with van der Waals surface area (Å²) in [6.45, 7) is 4.27. The Morgan fingerprint density at radius 3 is 2.52 bits per heavy atom. The molecule has 0 radical (unpaired) electrons. The van der Waals surface area contributed by atoms with E-state index in [0.29, 0.717) is 0 Å². The van der Waals surface area contributed by atoms with Gasteiger partial charge in [0.15, 0.2) is 0 Å². The molecular weight excluding hydrogens is 328 g/mol. The Labute approximate surface area is 160 Å². The van der Waals surface area contributed by atoms with E-state index in [9.17, 15) is 0 Å². The van der Waals surface area contributed by atoms with Gasteiger partial charge in [0.1, 0.15) is 0 Å². The smallest absolute Gasteiger partial charge is 0.0631 e.